The second-order valence-electron chi connectivity index (χ2n) is 6.78. The molecule has 5 nitrogen and oxygen atoms in total. The number of carbonyl (C=O) groups is 1. The lowest BCUT2D eigenvalue weighted by atomic mass is 10.1. The number of halogens is 1. The van der Waals surface area contributed by atoms with E-state index in [0.717, 1.165) is 30.6 Å². The Hall–Kier alpha value is -3.28. The maximum absolute atomic E-state index is 14.2. The molecule has 29 heavy (non-hydrogen) atoms. The number of unbranched alkanes of at least 4 members (excludes halogenated alkanes) is 3. The molecule has 1 N–H and O–H groups in total. The van der Waals surface area contributed by atoms with Crippen molar-refractivity contribution in [2.24, 2.45) is 0 Å². The minimum Gasteiger partial charge on any atom is -0.481 e. The van der Waals surface area contributed by atoms with Crippen molar-refractivity contribution in [2.75, 3.05) is 11.4 Å². The van der Waals surface area contributed by atoms with Crippen LogP contribution in [-0.4, -0.2) is 27.6 Å². The minimum atomic E-state index is -0.755. The predicted molar refractivity (Wildman–Crippen MR) is 112 cm³/mol. The summed E-state index contributed by atoms with van der Waals surface area (Å²) in [7, 11) is 0. The topological polar surface area (TPSA) is 66.3 Å². The summed E-state index contributed by atoms with van der Waals surface area (Å²) in [5.41, 5.74) is 1.29. The van der Waals surface area contributed by atoms with Gasteiger partial charge in [-0.3, -0.25) is 4.79 Å². The van der Waals surface area contributed by atoms with Crippen molar-refractivity contribution in [1.82, 2.24) is 9.97 Å². The molecule has 0 atom stereocenters. The Kier molecular flexibility index (Phi) is 7.28. The zero-order valence-electron chi connectivity index (χ0n) is 16.2. The minimum absolute atomic E-state index is 0.205. The van der Waals surface area contributed by atoms with E-state index in [1.54, 1.807) is 30.6 Å². The molecule has 6 heteroatoms. The Balaban J connectivity index is 1.77. The highest BCUT2D eigenvalue weighted by atomic mass is 19.1. The zero-order valence-corrected chi connectivity index (χ0v) is 16.2. The number of rotatable bonds is 10. The Bertz CT molecular complexity index is 934. The van der Waals surface area contributed by atoms with Crippen LogP contribution in [0.4, 0.5) is 16.0 Å². The SMILES string of the molecule is O=C(O)CCCCCCN(c1ccccn1)c1cc(-c2ccccc2F)ccn1. The van der Waals surface area contributed by atoms with Gasteiger partial charge in [0.2, 0.25) is 0 Å². The molecule has 3 aromatic rings. The molecule has 1 aromatic carbocycles. The molecule has 0 saturated heterocycles. The van der Waals surface area contributed by atoms with Crippen LogP contribution in [0.5, 0.6) is 0 Å². The number of benzene rings is 1. The van der Waals surface area contributed by atoms with Crippen molar-refractivity contribution in [3.8, 4) is 11.1 Å². The van der Waals surface area contributed by atoms with Gasteiger partial charge in [-0.15, -0.1) is 0 Å². The molecule has 2 aromatic heterocycles. The number of pyridine rings is 2. The van der Waals surface area contributed by atoms with Crippen LogP contribution in [0, 0.1) is 5.82 Å². The highest BCUT2D eigenvalue weighted by molar-refractivity contribution is 5.69. The highest BCUT2D eigenvalue weighted by Crippen LogP contribution is 2.28. The largest absolute Gasteiger partial charge is 0.481 e. The van der Waals surface area contributed by atoms with E-state index in [1.807, 2.05) is 35.2 Å². The van der Waals surface area contributed by atoms with Gasteiger partial charge in [0.05, 0.1) is 0 Å². The summed E-state index contributed by atoms with van der Waals surface area (Å²) in [5.74, 6) is 0.452. The summed E-state index contributed by atoms with van der Waals surface area (Å²) >= 11 is 0. The lowest BCUT2D eigenvalue weighted by molar-refractivity contribution is -0.137. The summed E-state index contributed by atoms with van der Waals surface area (Å²) in [5, 5.41) is 8.74. The van der Waals surface area contributed by atoms with Crippen molar-refractivity contribution in [2.45, 2.75) is 32.1 Å². The average Bonchev–Trinajstić information content (AvgIpc) is 2.74. The van der Waals surface area contributed by atoms with Gasteiger partial charge < -0.3 is 10.0 Å². The predicted octanol–water partition coefficient (Wildman–Crippen LogP) is 5.46. The normalized spacial score (nSPS) is 10.7. The number of nitrogens with zero attached hydrogens (tertiary/aromatic N) is 3. The molecule has 0 saturated carbocycles. The number of anilines is 2. The quantitative estimate of drug-likeness (QED) is 0.464. The van der Waals surface area contributed by atoms with Crippen molar-refractivity contribution >= 4 is 17.6 Å². The molecule has 0 amide bonds. The van der Waals surface area contributed by atoms with Crippen LogP contribution in [0.1, 0.15) is 32.1 Å². The molecule has 3 rings (SSSR count). The first-order chi connectivity index (χ1) is 14.1. The van der Waals surface area contributed by atoms with Crippen LogP contribution in [0.2, 0.25) is 0 Å². The van der Waals surface area contributed by atoms with Gasteiger partial charge >= 0.3 is 5.97 Å². The number of carboxylic acid groups (broad SMARTS) is 1. The third-order valence-corrected chi connectivity index (χ3v) is 4.66. The number of hydrogen-bond acceptors (Lipinski definition) is 4. The Labute approximate surface area is 169 Å². The first kappa shape index (κ1) is 20.5. The summed E-state index contributed by atoms with van der Waals surface area (Å²) in [6.45, 7) is 0.692. The second kappa shape index (κ2) is 10.3. The maximum Gasteiger partial charge on any atom is 0.303 e. The molecular weight excluding hydrogens is 369 g/mol. The average molecular weight is 393 g/mol. The molecule has 0 fully saturated rings. The van der Waals surface area contributed by atoms with E-state index in [0.29, 0.717) is 24.3 Å². The Morgan fingerprint density at radius 2 is 1.66 bits per heavy atom. The van der Waals surface area contributed by atoms with Gasteiger partial charge in [-0.2, -0.15) is 0 Å². The standard InChI is InChI=1S/C23H24FN3O2/c24-20-10-5-4-9-19(20)18-13-15-26-22(17-18)27(21-11-6-7-14-25-21)16-8-2-1-3-12-23(28)29/h4-7,9-11,13-15,17H,1-3,8,12,16H2,(H,28,29). The first-order valence-electron chi connectivity index (χ1n) is 9.76. The van der Waals surface area contributed by atoms with Crippen LogP contribution in [0.15, 0.2) is 67.0 Å². The molecular formula is C23H24FN3O2. The number of hydrogen-bond donors (Lipinski definition) is 1. The van der Waals surface area contributed by atoms with Crippen molar-refractivity contribution < 1.29 is 14.3 Å². The van der Waals surface area contributed by atoms with Crippen LogP contribution >= 0.6 is 0 Å². The van der Waals surface area contributed by atoms with Crippen LogP contribution in [-0.2, 0) is 4.79 Å². The summed E-state index contributed by atoms with van der Waals surface area (Å²) in [6, 6.07) is 16.0. The lowest BCUT2D eigenvalue weighted by Crippen LogP contribution is -2.20. The molecule has 0 bridgehead atoms. The zero-order chi connectivity index (χ0) is 20.5. The third-order valence-electron chi connectivity index (χ3n) is 4.66. The van der Waals surface area contributed by atoms with Crippen molar-refractivity contribution in [3.05, 3.63) is 72.8 Å². The van der Waals surface area contributed by atoms with Gasteiger partial charge in [-0.1, -0.05) is 37.1 Å². The Morgan fingerprint density at radius 3 is 2.41 bits per heavy atom. The maximum atomic E-state index is 14.2. The van der Waals surface area contributed by atoms with Gasteiger partial charge in [0, 0.05) is 30.9 Å². The molecule has 0 radical (unpaired) electrons. The van der Waals surface area contributed by atoms with Gasteiger partial charge in [0.15, 0.2) is 0 Å². The highest BCUT2D eigenvalue weighted by Gasteiger charge is 2.13. The van der Waals surface area contributed by atoms with E-state index >= 15 is 0 Å². The van der Waals surface area contributed by atoms with E-state index in [-0.39, 0.29) is 12.2 Å². The summed E-state index contributed by atoms with van der Waals surface area (Å²) < 4.78 is 14.2. The summed E-state index contributed by atoms with van der Waals surface area (Å²) in [6.07, 6.45) is 6.96. The van der Waals surface area contributed by atoms with Crippen LogP contribution in [0.3, 0.4) is 0 Å². The molecule has 0 aliphatic carbocycles. The van der Waals surface area contributed by atoms with Gasteiger partial charge in [-0.05, 0) is 48.7 Å². The van der Waals surface area contributed by atoms with Crippen LogP contribution in [0.25, 0.3) is 11.1 Å². The number of aromatic nitrogens is 2. The molecule has 0 spiro atoms. The lowest BCUT2D eigenvalue weighted by Gasteiger charge is -2.23. The van der Waals surface area contributed by atoms with Gasteiger partial charge in [0.1, 0.15) is 17.5 Å². The fourth-order valence-electron chi connectivity index (χ4n) is 3.19. The monoisotopic (exact) mass is 393 g/mol. The molecule has 2 heterocycles. The first-order valence-corrected chi connectivity index (χ1v) is 9.76. The van der Waals surface area contributed by atoms with Crippen molar-refractivity contribution in [3.63, 3.8) is 0 Å². The van der Waals surface area contributed by atoms with E-state index < -0.39 is 5.97 Å². The van der Waals surface area contributed by atoms with E-state index in [1.165, 1.54) is 6.07 Å². The molecule has 0 unspecified atom stereocenters. The van der Waals surface area contributed by atoms with E-state index in [2.05, 4.69) is 9.97 Å². The smallest absolute Gasteiger partial charge is 0.303 e. The molecule has 0 aliphatic heterocycles. The fourth-order valence-corrected chi connectivity index (χ4v) is 3.19. The second-order valence-corrected chi connectivity index (χ2v) is 6.78. The molecule has 0 aliphatic rings. The van der Waals surface area contributed by atoms with Gasteiger partial charge in [0.25, 0.3) is 0 Å². The van der Waals surface area contributed by atoms with Gasteiger partial charge in [-0.25, -0.2) is 14.4 Å². The fraction of sp³-hybridized carbons (Fsp3) is 0.261. The van der Waals surface area contributed by atoms with E-state index in [4.69, 9.17) is 5.11 Å². The van der Waals surface area contributed by atoms with Crippen molar-refractivity contribution in [1.29, 1.82) is 0 Å². The third kappa shape index (κ3) is 5.85. The molecule has 150 valence electrons. The Morgan fingerprint density at radius 1 is 0.897 bits per heavy atom. The summed E-state index contributed by atoms with van der Waals surface area (Å²) in [4.78, 5) is 21.6. The number of aliphatic carboxylic acids is 1. The number of carboxylic acids is 1. The van der Waals surface area contributed by atoms with E-state index in [9.17, 15) is 9.18 Å². The van der Waals surface area contributed by atoms with Crippen LogP contribution < -0.4 is 4.90 Å².